The van der Waals surface area contributed by atoms with Gasteiger partial charge in [0.15, 0.2) is 0 Å². The molecule has 0 aliphatic rings. The first-order chi connectivity index (χ1) is 7.23. The van der Waals surface area contributed by atoms with E-state index in [4.69, 9.17) is 11.6 Å². The van der Waals surface area contributed by atoms with E-state index >= 15 is 0 Å². The van der Waals surface area contributed by atoms with Crippen LogP contribution in [0.5, 0.6) is 0 Å². The van der Waals surface area contributed by atoms with Crippen molar-refractivity contribution in [2.24, 2.45) is 0 Å². The molecule has 1 aromatic rings. The highest BCUT2D eigenvalue weighted by Gasteiger charge is 2.26. The first kappa shape index (κ1) is 12.3. The molecule has 82 valence electrons. The molecule has 0 saturated heterocycles. The summed E-state index contributed by atoms with van der Waals surface area (Å²) in [5.41, 5.74) is 1.21. The normalized spacial score (nSPS) is 14.5. The van der Waals surface area contributed by atoms with Gasteiger partial charge in [-0.2, -0.15) is 0 Å². The predicted molar refractivity (Wildman–Crippen MR) is 68.3 cm³/mol. The standard InChI is InChI=1S/C14H19Cl/c1-3-5-12-14(15,11-4-2)13-9-7-6-8-10-13/h4,6-10H,2-3,5,11-12H2,1H3. The quantitative estimate of drug-likeness (QED) is 0.475. The van der Waals surface area contributed by atoms with Crippen molar-refractivity contribution in [1.82, 2.24) is 0 Å². The van der Waals surface area contributed by atoms with Crippen LogP contribution in [0.3, 0.4) is 0 Å². The van der Waals surface area contributed by atoms with Crippen LogP contribution in [0.25, 0.3) is 0 Å². The van der Waals surface area contributed by atoms with E-state index in [2.05, 4.69) is 25.6 Å². The van der Waals surface area contributed by atoms with Gasteiger partial charge >= 0.3 is 0 Å². The van der Waals surface area contributed by atoms with E-state index in [9.17, 15) is 0 Å². The molecule has 0 aliphatic carbocycles. The molecule has 0 aromatic heterocycles. The van der Waals surface area contributed by atoms with Crippen LogP contribution in [-0.2, 0) is 4.87 Å². The zero-order valence-electron chi connectivity index (χ0n) is 9.38. The Labute approximate surface area is 98.0 Å². The topological polar surface area (TPSA) is 0 Å². The van der Waals surface area contributed by atoms with Crippen LogP contribution in [0.4, 0.5) is 0 Å². The summed E-state index contributed by atoms with van der Waals surface area (Å²) >= 11 is 6.67. The highest BCUT2D eigenvalue weighted by molar-refractivity contribution is 6.24. The first-order valence-electron chi connectivity index (χ1n) is 5.58. The van der Waals surface area contributed by atoms with E-state index in [-0.39, 0.29) is 4.87 Å². The lowest BCUT2D eigenvalue weighted by Crippen LogP contribution is -2.17. The smallest absolute Gasteiger partial charge is 0.0729 e. The van der Waals surface area contributed by atoms with Crippen LogP contribution in [0, 0.1) is 0 Å². The van der Waals surface area contributed by atoms with Crippen molar-refractivity contribution in [3.05, 3.63) is 48.6 Å². The fourth-order valence-electron chi connectivity index (χ4n) is 1.79. The van der Waals surface area contributed by atoms with E-state index < -0.39 is 0 Å². The maximum absolute atomic E-state index is 6.67. The number of rotatable bonds is 6. The molecule has 0 heterocycles. The average molecular weight is 223 g/mol. The molecule has 1 unspecified atom stereocenters. The lowest BCUT2D eigenvalue weighted by molar-refractivity contribution is 0.530. The van der Waals surface area contributed by atoms with E-state index in [1.807, 2.05) is 24.3 Å². The Bertz CT molecular complexity index is 291. The van der Waals surface area contributed by atoms with Crippen LogP contribution in [0.2, 0.25) is 0 Å². The molecule has 0 radical (unpaired) electrons. The Kier molecular flexibility index (Phi) is 4.90. The number of alkyl halides is 1. The second-order valence-electron chi connectivity index (χ2n) is 3.93. The molecule has 0 nitrogen and oxygen atoms in total. The second kappa shape index (κ2) is 5.97. The maximum atomic E-state index is 6.67. The molecule has 0 aliphatic heterocycles. The van der Waals surface area contributed by atoms with E-state index in [0.717, 1.165) is 19.3 Å². The molecule has 15 heavy (non-hydrogen) atoms. The van der Waals surface area contributed by atoms with Crippen LogP contribution in [0.15, 0.2) is 43.0 Å². The van der Waals surface area contributed by atoms with E-state index in [1.54, 1.807) is 0 Å². The number of benzene rings is 1. The zero-order valence-corrected chi connectivity index (χ0v) is 10.1. The summed E-state index contributed by atoms with van der Waals surface area (Å²) < 4.78 is 0. The number of unbranched alkanes of at least 4 members (excludes halogenated alkanes) is 1. The number of hydrogen-bond acceptors (Lipinski definition) is 0. The van der Waals surface area contributed by atoms with Gasteiger partial charge in [-0.15, -0.1) is 18.2 Å². The Balaban J connectivity index is 2.85. The summed E-state index contributed by atoms with van der Waals surface area (Å²) in [5, 5.41) is 0. The van der Waals surface area contributed by atoms with Gasteiger partial charge in [-0.3, -0.25) is 0 Å². The molecule has 0 N–H and O–H groups in total. The van der Waals surface area contributed by atoms with Crippen molar-refractivity contribution in [3.8, 4) is 0 Å². The van der Waals surface area contributed by atoms with Crippen molar-refractivity contribution in [1.29, 1.82) is 0 Å². The van der Waals surface area contributed by atoms with E-state index in [0.29, 0.717) is 0 Å². The SMILES string of the molecule is C=CCC(Cl)(CCCC)c1ccccc1. The minimum atomic E-state index is -0.251. The molecule has 0 spiro atoms. The van der Waals surface area contributed by atoms with Gasteiger partial charge in [0, 0.05) is 0 Å². The number of halogens is 1. The fourth-order valence-corrected chi connectivity index (χ4v) is 2.16. The van der Waals surface area contributed by atoms with Crippen LogP contribution >= 0.6 is 11.6 Å². The van der Waals surface area contributed by atoms with Gasteiger partial charge in [0.05, 0.1) is 4.87 Å². The summed E-state index contributed by atoms with van der Waals surface area (Å²) in [5.74, 6) is 0. The van der Waals surface area contributed by atoms with Crippen LogP contribution in [-0.4, -0.2) is 0 Å². The van der Waals surface area contributed by atoms with Gasteiger partial charge in [-0.05, 0) is 18.4 Å². The fraction of sp³-hybridized carbons (Fsp3) is 0.429. The minimum absolute atomic E-state index is 0.251. The van der Waals surface area contributed by atoms with Crippen molar-refractivity contribution >= 4 is 11.6 Å². The van der Waals surface area contributed by atoms with Gasteiger partial charge in [-0.25, -0.2) is 0 Å². The summed E-state index contributed by atoms with van der Waals surface area (Å²) in [4.78, 5) is -0.251. The minimum Gasteiger partial charge on any atom is -0.114 e. The Morgan fingerprint density at radius 2 is 2.00 bits per heavy atom. The van der Waals surface area contributed by atoms with Crippen molar-refractivity contribution < 1.29 is 0 Å². The van der Waals surface area contributed by atoms with Gasteiger partial charge < -0.3 is 0 Å². The molecule has 1 heteroatoms. The van der Waals surface area contributed by atoms with Gasteiger partial charge in [0.2, 0.25) is 0 Å². The predicted octanol–water partition coefficient (Wildman–Crippen LogP) is 4.89. The second-order valence-corrected chi connectivity index (χ2v) is 4.65. The maximum Gasteiger partial charge on any atom is 0.0729 e. The third-order valence-electron chi connectivity index (χ3n) is 2.69. The molecule has 0 fully saturated rings. The molecule has 1 rings (SSSR count). The molecule has 1 aromatic carbocycles. The first-order valence-corrected chi connectivity index (χ1v) is 5.96. The van der Waals surface area contributed by atoms with Gasteiger partial charge in [-0.1, -0.05) is 56.2 Å². The van der Waals surface area contributed by atoms with Crippen LogP contribution < -0.4 is 0 Å². The summed E-state index contributed by atoms with van der Waals surface area (Å²) in [6.45, 7) is 5.99. The number of allylic oxidation sites excluding steroid dienone is 1. The Morgan fingerprint density at radius 3 is 2.53 bits per heavy atom. The molecular formula is C14H19Cl. The highest BCUT2D eigenvalue weighted by atomic mass is 35.5. The Hall–Kier alpha value is -0.750. The van der Waals surface area contributed by atoms with Crippen molar-refractivity contribution in [2.45, 2.75) is 37.5 Å². The summed E-state index contributed by atoms with van der Waals surface area (Å²) in [6, 6.07) is 10.3. The Morgan fingerprint density at radius 1 is 1.33 bits per heavy atom. The molecule has 0 amide bonds. The van der Waals surface area contributed by atoms with E-state index in [1.165, 1.54) is 12.0 Å². The van der Waals surface area contributed by atoms with Crippen molar-refractivity contribution in [3.63, 3.8) is 0 Å². The van der Waals surface area contributed by atoms with Crippen LogP contribution in [0.1, 0.15) is 38.2 Å². The highest BCUT2D eigenvalue weighted by Crippen LogP contribution is 2.38. The zero-order chi connectivity index (χ0) is 11.1. The number of hydrogen-bond donors (Lipinski definition) is 0. The lowest BCUT2D eigenvalue weighted by atomic mass is 9.90. The largest absolute Gasteiger partial charge is 0.114 e. The molecule has 0 bridgehead atoms. The molecule has 0 saturated carbocycles. The molecule has 1 atom stereocenters. The summed E-state index contributed by atoms with van der Waals surface area (Å²) in [6.07, 6.45) is 6.10. The lowest BCUT2D eigenvalue weighted by Gasteiger charge is -2.26. The molecular weight excluding hydrogens is 204 g/mol. The van der Waals surface area contributed by atoms with Gasteiger partial charge in [0.1, 0.15) is 0 Å². The summed E-state index contributed by atoms with van der Waals surface area (Å²) in [7, 11) is 0. The third kappa shape index (κ3) is 3.39. The average Bonchev–Trinajstić information content (AvgIpc) is 2.28. The van der Waals surface area contributed by atoms with Crippen molar-refractivity contribution in [2.75, 3.05) is 0 Å². The third-order valence-corrected chi connectivity index (χ3v) is 3.25. The van der Waals surface area contributed by atoms with Gasteiger partial charge in [0.25, 0.3) is 0 Å². The monoisotopic (exact) mass is 222 g/mol.